The zero-order chi connectivity index (χ0) is 17.4. The number of nitrogens with one attached hydrogen (secondary N) is 1. The molecule has 0 saturated heterocycles. The van der Waals surface area contributed by atoms with Crippen molar-refractivity contribution in [3.8, 4) is 0 Å². The van der Waals surface area contributed by atoms with E-state index in [1.165, 1.54) is 34.9 Å². The van der Waals surface area contributed by atoms with Crippen LogP contribution in [0.4, 0.5) is 10.1 Å². The molecule has 1 aromatic carbocycles. The molecule has 0 aliphatic rings. The Balaban J connectivity index is 1.73. The largest absolute Gasteiger partial charge is 0.336 e. The second-order valence-corrected chi connectivity index (χ2v) is 6.14. The number of benzene rings is 1. The molecule has 1 aromatic heterocycles. The summed E-state index contributed by atoms with van der Waals surface area (Å²) < 4.78 is 13.1. The second-order valence-electron chi connectivity index (χ2n) is 5.16. The number of anilines is 1. The monoisotopic (exact) mass is 347 g/mol. The van der Waals surface area contributed by atoms with E-state index in [0.29, 0.717) is 11.4 Å². The van der Waals surface area contributed by atoms with Crippen molar-refractivity contribution in [1.29, 1.82) is 0 Å². The summed E-state index contributed by atoms with van der Waals surface area (Å²) in [4.78, 5) is 29.2. The Morgan fingerprint density at radius 3 is 2.71 bits per heavy atom. The maximum absolute atomic E-state index is 13.1. The molecule has 0 spiro atoms. The predicted molar refractivity (Wildman–Crippen MR) is 93.1 cm³/mol. The van der Waals surface area contributed by atoms with Crippen molar-refractivity contribution in [2.75, 3.05) is 24.7 Å². The number of likely N-dealkylation sites (N-methyl/N-ethyl adjacent to an activating group) is 1. The van der Waals surface area contributed by atoms with E-state index in [1.54, 1.807) is 25.5 Å². The number of halogens is 1. The topological polar surface area (TPSA) is 62.3 Å². The number of aromatic nitrogens is 1. The summed E-state index contributed by atoms with van der Waals surface area (Å²) in [5, 5.41) is 2.56. The van der Waals surface area contributed by atoms with E-state index in [2.05, 4.69) is 10.3 Å². The highest BCUT2D eigenvalue weighted by molar-refractivity contribution is 7.99. The summed E-state index contributed by atoms with van der Waals surface area (Å²) in [6.07, 6.45) is 3.42. The number of carbonyl (C=O) groups excluding carboxylic acids is 2. The van der Waals surface area contributed by atoms with E-state index >= 15 is 0 Å². The van der Waals surface area contributed by atoms with Gasteiger partial charge in [-0.2, -0.15) is 0 Å². The lowest BCUT2D eigenvalue weighted by atomic mass is 10.3. The second kappa shape index (κ2) is 9.02. The number of amides is 2. The van der Waals surface area contributed by atoms with Crippen molar-refractivity contribution in [1.82, 2.24) is 9.88 Å². The lowest BCUT2D eigenvalue weighted by Crippen LogP contribution is -2.36. The molecule has 2 aromatic rings. The quantitative estimate of drug-likeness (QED) is 0.836. The molecular weight excluding hydrogens is 329 g/mol. The summed E-state index contributed by atoms with van der Waals surface area (Å²) in [5.74, 6) is 0.0627. The Labute approximate surface area is 144 Å². The summed E-state index contributed by atoms with van der Waals surface area (Å²) in [7, 11) is 1.57. The molecule has 2 rings (SSSR count). The van der Waals surface area contributed by atoms with Crippen molar-refractivity contribution in [3.05, 3.63) is 60.2 Å². The fourth-order valence-electron chi connectivity index (χ4n) is 1.92. The number of carbonyl (C=O) groups is 2. The van der Waals surface area contributed by atoms with Crippen molar-refractivity contribution >= 4 is 29.3 Å². The average molecular weight is 347 g/mol. The molecule has 2 amide bonds. The molecule has 126 valence electrons. The Morgan fingerprint density at radius 2 is 2.00 bits per heavy atom. The van der Waals surface area contributed by atoms with Gasteiger partial charge in [0.15, 0.2) is 0 Å². The molecular formula is C17H18FN3O2S. The first-order valence-electron chi connectivity index (χ1n) is 7.30. The Bertz CT molecular complexity index is 697. The smallest absolute Gasteiger partial charge is 0.243 e. The van der Waals surface area contributed by atoms with Gasteiger partial charge in [-0.05, 0) is 35.9 Å². The van der Waals surface area contributed by atoms with Crippen LogP contribution in [-0.4, -0.2) is 41.0 Å². The minimum absolute atomic E-state index is 0.0782. The minimum Gasteiger partial charge on any atom is -0.336 e. The van der Waals surface area contributed by atoms with Gasteiger partial charge in [-0.15, -0.1) is 11.8 Å². The lowest BCUT2D eigenvalue weighted by Gasteiger charge is -2.16. The lowest BCUT2D eigenvalue weighted by molar-refractivity contribution is -0.131. The molecule has 1 N–H and O–H groups in total. The minimum atomic E-state index is -0.426. The summed E-state index contributed by atoms with van der Waals surface area (Å²) in [6, 6.07) is 9.42. The van der Waals surface area contributed by atoms with Crippen LogP contribution in [0.15, 0.2) is 48.8 Å². The summed E-state index contributed by atoms with van der Waals surface area (Å²) in [5.41, 5.74) is 1.46. The van der Waals surface area contributed by atoms with E-state index in [0.717, 1.165) is 5.56 Å². The number of hydrogen-bond acceptors (Lipinski definition) is 4. The van der Waals surface area contributed by atoms with Gasteiger partial charge < -0.3 is 10.2 Å². The van der Waals surface area contributed by atoms with Gasteiger partial charge in [0.05, 0.1) is 12.3 Å². The maximum atomic E-state index is 13.1. The van der Waals surface area contributed by atoms with Crippen LogP contribution in [0.5, 0.6) is 0 Å². The molecule has 0 saturated carbocycles. The average Bonchev–Trinajstić information content (AvgIpc) is 2.55. The van der Waals surface area contributed by atoms with E-state index in [9.17, 15) is 14.0 Å². The Morgan fingerprint density at radius 1 is 1.25 bits per heavy atom. The van der Waals surface area contributed by atoms with Gasteiger partial charge in [0.1, 0.15) is 5.82 Å². The van der Waals surface area contributed by atoms with Crippen LogP contribution in [0.1, 0.15) is 5.56 Å². The van der Waals surface area contributed by atoms with Crippen molar-refractivity contribution in [2.24, 2.45) is 0 Å². The molecule has 0 aliphatic heterocycles. The summed E-state index contributed by atoms with van der Waals surface area (Å²) in [6.45, 7) is -0.0782. The van der Waals surface area contributed by atoms with Crippen LogP contribution in [0.2, 0.25) is 0 Å². The van der Waals surface area contributed by atoms with Crippen molar-refractivity contribution < 1.29 is 14.0 Å². The predicted octanol–water partition coefficient (Wildman–Crippen LogP) is 2.55. The number of nitrogens with zero attached hydrogens (tertiary/aromatic N) is 2. The van der Waals surface area contributed by atoms with Gasteiger partial charge in [0.25, 0.3) is 0 Å². The maximum Gasteiger partial charge on any atom is 0.243 e. The van der Waals surface area contributed by atoms with Gasteiger partial charge in [0.2, 0.25) is 11.8 Å². The number of pyridine rings is 1. The first-order valence-corrected chi connectivity index (χ1v) is 8.46. The van der Waals surface area contributed by atoms with Gasteiger partial charge in [-0.3, -0.25) is 14.6 Å². The Kier molecular flexibility index (Phi) is 6.74. The van der Waals surface area contributed by atoms with Crippen molar-refractivity contribution in [2.45, 2.75) is 5.75 Å². The fraction of sp³-hybridized carbons (Fsp3) is 0.235. The zero-order valence-corrected chi connectivity index (χ0v) is 14.1. The summed E-state index contributed by atoms with van der Waals surface area (Å²) >= 11 is 1.48. The molecule has 1 heterocycles. The highest BCUT2D eigenvalue weighted by Gasteiger charge is 2.13. The molecule has 0 atom stereocenters. The first-order chi connectivity index (χ1) is 11.5. The molecule has 0 bridgehead atoms. The fourth-order valence-corrected chi connectivity index (χ4v) is 2.84. The standard InChI is InChI=1S/C17H18FN3O2S/c1-21(10-16(22)20-15-4-2-3-14(18)9-15)17(23)12-24-11-13-5-7-19-8-6-13/h2-9H,10-12H2,1H3,(H,20,22). The van der Waals surface area contributed by atoms with Gasteiger partial charge in [-0.1, -0.05) is 6.07 Å². The highest BCUT2D eigenvalue weighted by Crippen LogP contribution is 2.12. The normalized spacial score (nSPS) is 10.2. The molecule has 0 unspecified atom stereocenters. The molecule has 0 fully saturated rings. The van der Waals surface area contributed by atoms with Crippen molar-refractivity contribution in [3.63, 3.8) is 0 Å². The van der Waals surface area contributed by atoms with E-state index < -0.39 is 5.82 Å². The van der Waals surface area contributed by atoms with Gasteiger partial charge in [0, 0.05) is 30.9 Å². The third kappa shape index (κ3) is 6.00. The first kappa shape index (κ1) is 17.9. The molecule has 0 radical (unpaired) electrons. The van der Waals surface area contributed by atoms with Crippen LogP contribution in [-0.2, 0) is 15.3 Å². The third-order valence-corrected chi connectivity index (χ3v) is 4.15. The Hall–Kier alpha value is -2.41. The van der Waals surface area contributed by atoms with E-state index in [1.807, 2.05) is 12.1 Å². The van der Waals surface area contributed by atoms with Crippen LogP contribution >= 0.6 is 11.8 Å². The number of hydrogen-bond donors (Lipinski definition) is 1. The zero-order valence-electron chi connectivity index (χ0n) is 13.2. The number of thioether (sulfide) groups is 1. The van der Waals surface area contributed by atoms with Crippen LogP contribution < -0.4 is 5.32 Å². The SMILES string of the molecule is CN(CC(=O)Nc1cccc(F)c1)C(=O)CSCc1ccncc1. The van der Waals surface area contributed by atoms with Crippen LogP contribution in [0, 0.1) is 5.82 Å². The molecule has 7 heteroatoms. The highest BCUT2D eigenvalue weighted by atomic mass is 32.2. The van der Waals surface area contributed by atoms with Crippen LogP contribution in [0.3, 0.4) is 0 Å². The van der Waals surface area contributed by atoms with Gasteiger partial charge >= 0.3 is 0 Å². The number of rotatable bonds is 7. The van der Waals surface area contributed by atoms with Gasteiger partial charge in [-0.25, -0.2) is 4.39 Å². The third-order valence-electron chi connectivity index (χ3n) is 3.16. The van der Waals surface area contributed by atoms with E-state index in [4.69, 9.17) is 0 Å². The van der Waals surface area contributed by atoms with Crippen LogP contribution in [0.25, 0.3) is 0 Å². The molecule has 0 aliphatic carbocycles. The molecule has 24 heavy (non-hydrogen) atoms. The van der Waals surface area contributed by atoms with E-state index in [-0.39, 0.29) is 24.1 Å². The molecule has 5 nitrogen and oxygen atoms in total.